The summed E-state index contributed by atoms with van der Waals surface area (Å²) in [6.07, 6.45) is 4.85. The SMILES string of the molecule is CNC(=O)C(Cc1ccc2ccccc2c1)N1CCC(CNC(=O)C=Cc2ccc(F)cc2)NC(CCCN=C(N)N)C1=O. The number of nitrogens with zero attached hydrogens (tertiary/aromatic N) is 2. The van der Waals surface area contributed by atoms with E-state index in [1.165, 1.54) is 18.2 Å². The van der Waals surface area contributed by atoms with E-state index in [4.69, 9.17) is 11.5 Å². The molecule has 4 rings (SSSR count). The van der Waals surface area contributed by atoms with Crippen LogP contribution >= 0.6 is 0 Å². The minimum Gasteiger partial charge on any atom is -0.370 e. The highest BCUT2D eigenvalue weighted by Crippen LogP contribution is 2.21. The van der Waals surface area contributed by atoms with Gasteiger partial charge >= 0.3 is 0 Å². The number of aliphatic imine (C=N–C) groups is 1. The highest BCUT2D eigenvalue weighted by molar-refractivity contribution is 5.92. The van der Waals surface area contributed by atoms with E-state index in [1.54, 1.807) is 30.2 Å². The number of guanidine groups is 1. The van der Waals surface area contributed by atoms with E-state index in [0.29, 0.717) is 44.3 Å². The molecular formula is C33H40FN7O3. The molecule has 1 saturated heterocycles. The lowest BCUT2D eigenvalue weighted by Crippen LogP contribution is -2.54. The summed E-state index contributed by atoms with van der Waals surface area (Å²) in [4.78, 5) is 45.5. The highest BCUT2D eigenvalue weighted by atomic mass is 19.1. The minimum atomic E-state index is -0.720. The van der Waals surface area contributed by atoms with Crippen molar-refractivity contribution in [3.8, 4) is 0 Å². The average molecular weight is 602 g/mol. The highest BCUT2D eigenvalue weighted by Gasteiger charge is 2.37. The van der Waals surface area contributed by atoms with Crippen LogP contribution in [0.5, 0.6) is 0 Å². The fourth-order valence-electron chi connectivity index (χ4n) is 5.35. The first-order chi connectivity index (χ1) is 21.2. The molecule has 0 aliphatic carbocycles. The number of likely N-dealkylation sites (N-methyl/N-ethyl adjacent to an activating group) is 1. The average Bonchev–Trinajstić information content (AvgIpc) is 3.18. The Kier molecular flexibility index (Phi) is 11.4. The molecule has 3 aromatic carbocycles. The van der Waals surface area contributed by atoms with Crippen LogP contribution in [-0.4, -0.2) is 73.4 Å². The zero-order valence-corrected chi connectivity index (χ0v) is 24.8. The van der Waals surface area contributed by atoms with E-state index >= 15 is 0 Å². The van der Waals surface area contributed by atoms with Crippen molar-refractivity contribution in [1.82, 2.24) is 20.9 Å². The Balaban J connectivity index is 1.49. The van der Waals surface area contributed by atoms with Gasteiger partial charge in [-0.25, -0.2) is 4.39 Å². The summed E-state index contributed by atoms with van der Waals surface area (Å²) in [5.74, 6) is -1.11. The lowest BCUT2D eigenvalue weighted by atomic mass is 9.99. The Morgan fingerprint density at radius 2 is 1.86 bits per heavy atom. The van der Waals surface area contributed by atoms with Gasteiger partial charge in [0, 0.05) is 45.2 Å². The second kappa shape index (κ2) is 15.6. The fraction of sp³-hybridized carbons (Fsp3) is 0.333. The van der Waals surface area contributed by atoms with Gasteiger partial charge < -0.3 is 32.3 Å². The molecule has 1 aliphatic heterocycles. The number of halogens is 1. The molecule has 0 radical (unpaired) electrons. The monoisotopic (exact) mass is 601 g/mol. The first-order valence-corrected chi connectivity index (χ1v) is 14.8. The molecule has 0 aromatic heterocycles. The van der Waals surface area contributed by atoms with Crippen molar-refractivity contribution in [3.63, 3.8) is 0 Å². The molecule has 1 heterocycles. The molecule has 1 aliphatic rings. The van der Waals surface area contributed by atoms with Gasteiger partial charge in [-0.15, -0.1) is 0 Å². The Labute approximate surface area is 256 Å². The van der Waals surface area contributed by atoms with Gasteiger partial charge in [-0.1, -0.05) is 54.6 Å². The normalized spacial score (nSPS) is 17.7. The Bertz CT molecular complexity index is 1500. The number of rotatable bonds is 12. The van der Waals surface area contributed by atoms with Crippen LogP contribution < -0.4 is 27.4 Å². The second-order valence-electron chi connectivity index (χ2n) is 10.8. The van der Waals surface area contributed by atoms with Crippen LogP contribution in [0.1, 0.15) is 30.4 Å². The van der Waals surface area contributed by atoms with Gasteiger partial charge in [0.2, 0.25) is 17.7 Å². The summed E-state index contributed by atoms with van der Waals surface area (Å²) in [7, 11) is 1.57. The molecular weight excluding hydrogens is 561 g/mol. The predicted molar refractivity (Wildman–Crippen MR) is 171 cm³/mol. The molecule has 3 unspecified atom stereocenters. The maximum atomic E-state index is 14.0. The van der Waals surface area contributed by atoms with Crippen molar-refractivity contribution in [2.75, 3.05) is 26.7 Å². The molecule has 7 N–H and O–H groups in total. The van der Waals surface area contributed by atoms with Crippen LogP contribution in [0.4, 0.5) is 4.39 Å². The zero-order valence-electron chi connectivity index (χ0n) is 24.8. The largest absolute Gasteiger partial charge is 0.370 e. The number of fused-ring (bicyclic) bond motifs is 1. The molecule has 3 aromatic rings. The third kappa shape index (κ3) is 9.11. The first-order valence-electron chi connectivity index (χ1n) is 14.8. The van der Waals surface area contributed by atoms with Crippen molar-refractivity contribution >= 4 is 40.5 Å². The Morgan fingerprint density at radius 1 is 1.11 bits per heavy atom. The predicted octanol–water partition coefficient (Wildman–Crippen LogP) is 2.08. The summed E-state index contributed by atoms with van der Waals surface area (Å²) >= 11 is 0. The Hall–Kier alpha value is -4.77. The van der Waals surface area contributed by atoms with Crippen molar-refractivity contribution in [3.05, 3.63) is 89.8 Å². The smallest absolute Gasteiger partial charge is 0.244 e. The van der Waals surface area contributed by atoms with Crippen molar-refractivity contribution in [2.45, 2.75) is 43.8 Å². The summed E-state index contributed by atoms with van der Waals surface area (Å²) < 4.78 is 13.2. The van der Waals surface area contributed by atoms with Crippen LogP contribution in [0, 0.1) is 5.82 Å². The van der Waals surface area contributed by atoms with Crippen molar-refractivity contribution in [2.24, 2.45) is 16.5 Å². The fourth-order valence-corrected chi connectivity index (χ4v) is 5.35. The maximum Gasteiger partial charge on any atom is 0.244 e. The number of nitrogens with two attached hydrogens (primary N) is 2. The summed E-state index contributed by atoms with van der Waals surface area (Å²) in [6, 6.07) is 18.3. The summed E-state index contributed by atoms with van der Waals surface area (Å²) in [5.41, 5.74) is 12.6. The molecule has 232 valence electrons. The summed E-state index contributed by atoms with van der Waals surface area (Å²) in [6.45, 7) is 0.959. The van der Waals surface area contributed by atoms with Gasteiger partial charge in [0.05, 0.1) is 6.04 Å². The zero-order chi connectivity index (χ0) is 31.5. The first kappa shape index (κ1) is 32.2. The van der Waals surface area contributed by atoms with Crippen LogP contribution in [0.3, 0.4) is 0 Å². The van der Waals surface area contributed by atoms with Crippen LogP contribution in [0.25, 0.3) is 16.8 Å². The van der Waals surface area contributed by atoms with E-state index in [9.17, 15) is 18.8 Å². The molecule has 3 amide bonds. The quantitative estimate of drug-likeness (QED) is 0.0927. The van der Waals surface area contributed by atoms with Gasteiger partial charge in [-0.2, -0.15) is 0 Å². The van der Waals surface area contributed by atoms with Gasteiger partial charge in [0.15, 0.2) is 5.96 Å². The number of nitrogens with one attached hydrogen (secondary N) is 3. The second-order valence-corrected chi connectivity index (χ2v) is 10.8. The van der Waals surface area contributed by atoms with Gasteiger partial charge in [0.25, 0.3) is 0 Å². The number of benzene rings is 3. The molecule has 10 nitrogen and oxygen atoms in total. The minimum absolute atomic E-state index is 0.0175. The van der Waals surface area contributed by atoms with Gasteiger partial charge in [-0.3, -0.25) is 19.4 Å². The molecule has 1 fully saturated rings. The van der Waals surface area contributed by atoms with E-state index in [1.807, 2.05) is 36.4 Å². The standard InChI is InChI=1S/C33H40FN7O3/c1-37-31(43)29(20-23-8-12-24-5-2-3-6-25(24)19-23)41-18-16-27(40-28(32(41)44)7-4-17-38-33(35)36)21-39-30(42)15-11-22-9-13-26(34)14-10-22/h2-3,5-6,8-15,19,27-29,40H,4,7,16-18,20-21H2,1H3,(H,37,43)(H,39,42)(H4,35,36,38). The molecule has 11 heteroatoms. The van der Waals surface area contributed by atoms with E-state index in [0.717, 1.165) is 16.3 Å². The number of amides is 3. The van der Waals surface area contributed by atoms with E-state index < -0.39 is 12.1 Å². The third-order valence-corrected chi connectivity index (χ3v) is 7.67. The van der Waals surface area contributed by atoms with Crippen molar-refractivity contribution < 1.29 is 18.8 Å². The van der Waals surface area contributed by atoms with Gasteiger partial charge in [-0.05, 0) is 59.4 Å². The third-order valence-electron chi connectivity index (χ3n) is 7.67. The number of hydrogen-bond acceptors (Lipinski definition) is 5. The maximum absolute atomic E-state index is 14.0. The summed E-state index contributed by atoms with van der Waals surface area (Å²) in [5, 5.41) is 11.2. The van der Waals surface area contributed by atoms with E-state index in [2.05, 4.69) is 27.0 Å². The molecule has 0 saturated carbocycles. The van der Waals surface area contributed by atoms with Crippen LogP contribution in [0.15, 0.2) is 77.8 Å². The molecule has 0 bridgehead atoms. The van der Waals surface area contributed by atoms with E-state index in [-0.39, 0.29) is 42.1 Å². The molecule has 3 atom stereocenters. The topological polar surface area (TPSA) is 155 Å². The number of carbonyl (C=O) groups is 3. The molecule has 0 spiro atoms. The number of carbonyl (C=O) groups excluding carboxylic acids is 3. The lowest BCUT2D eigenvalue weighted by molar-refractivity contribution is -0.141. The lowest BCUT2D eigenvalue weighted by Gasteiger charge is -2.31. The number of hydrogen-bond donors (Lipinski definition) is 5. The van der Waals surface area contributed by atoms with Crippen LogP contribution in [-0.2, 0) is 20.8 Å². The Morgan fingerprint density at radius 3 is 2.59 bits per heavy atom. The van der Waals surface area contributed by atoms with Gasteiger partial charge in [0.1, 0.15) is 11.9 Å². The van der Waals surface area contributed by atoms with Crippen molar-refractivity contribution in [1.29, 1.82) is 0 Å². The van der Waals surface area contributed by atoms with Crippen LogP contribution in [0.2, 0.25) is 0 Å². The molecule has 44 heavy (non-hydrogen) atoms.